The summed E-state index contributed by atoms with van der Waals surface area (Å²) in [5, 5.41) is 0.688. The highest BCUT2D eigenvalue weighted by Gasteiger charge is 2.20. The summed E-state index contributed by atoms with van der Waals surface area (Å²) < 4.78 is 0. The molecule has 2 heteroatoms. The molecule has 0 radical (unpaired) electrons. The Kier molecular flexibility index (Phi) is 4.64. The molecule has 2 rings (SSSR count). The molecular weight excluding hydrogens is 280 g/mol. The number of ketones is 1. The fourth-order valence-electron chi connectivity index (χ4n) is 1.93. The third kappa shape index (κ3) is 4.05. The van der Waals surface area contributed by atoms with E-state index in [0.29, 0.717) is 5.02 Å². The number of allylic oxidation sites excluding steroid dienone is 1. The van der Waals surface area contributed by atoms with E-state index in [2.05, 4.69) is 0 Å². The smallest absolute Gasteiger partial charge is 0.161 e. The van der Waals surface area contributed by atoms with Gasteiger partial charge in [0.1, 0.15) is 0 Å². The van der Waals surface area contributed by atoms with E-state index in [4.69, 9.17) is 11.6 Å². The zero-order chi connectivity index (χ0) is 15.5. The van der Waals surface area contributed by atoms with Crippen LogP contribution in [0.15, 0.2) is 60.7 Å². The van der Waals surface area contributed by atoms with Crippen LogP contribution in [-0.4, -0.2) is 5.78 Å². The fourth-order valence-corrected chi connectivity index (χ4v) is 2.05. The van der Waals surface area contributed by atoms with Gasteiger partial charge in [-0.2, -0.15) is 0 Å². The lowest BCUT2D eigenvalue weighted by Crippen LogP contribution is -2.18. The van der Waals surface area contributed by atoms with Gasteiger partial charge in [-0.25, -0.2) is 0 Å². The molecule has 0 atom stereocenters. The fraction of sp³-hybridized carbons (Fsp3) is 0.211. The normalized spacial score (nSPS) is 12.3. The quantitative estimate of drug-likeness (QED) is 0.695. The number of benzene rings is 2. The summed E-state index contributed by atoms with van der Waals surface area (Å²) in [4.78, 5) is 12.4. The van der Waals surface area contributed by atoms with Crippen molar-refractivity contribution in [3.8, 4) is 0 Å². The van der Waals surface area contributed by atoms with Gasteiger partial charge in [0.05, 0.1) is 0 Å². The predicted molar refractivity (Wildman–Crippen MR) is 89.4 cm³/mol. The van der Waals surface area contributed by atoms with Crippen molar-refractivity contribution >= 4 is 23.0 Å². The third-order valence-corrected chi connectivity index (χ3v) is 3.51. The minimum atomic E-state index is -0.396. The Hall–Kier alpha value is -1.86. The average molecular weight is 299 g/mol. The zero-order valence-corrected chi connectivity index (χ0v) is 13.3. The Bertz CT molecular complexity index is 646. The summed E-state index contributed by atoms with van der Waals surface area (Å²) in [5.41, 5.74) is 2.54. The standard InChI is InChI=1S/C19H19ClO/c1-19(2,3)18(21)13-17(14-7-5-4-6-8-14)15-9-11-16(20)12-10-15/h4-13H,1-3H3/b17-13+. The first kappa shape index (κ1) is 15.5. The molecule has 0 spiro atoms. The molecule has 0 unspecified atom stereocenters. The maximum Gasteiger partial charge on any atom is 0.161 e. The topological polar surface area (TPSA) is 17.1 Å². The van der Waals surface area contributed by atoms with Gasteiger partial charge in [0.25, 0.3) is 0 Å². The molecule has 0 aliphatic rings. The van der Waals surface area contributed by atoms with Crippen LogP contribution in [-0.2, 0) is 4.79 Å². The van der Waals surface area contributed by atoms with Crippen LogP contribution in [0.2, 0.25) is 5.02 Å². The van der Waals surface area contributed by atoms with Crippen molar-refractivity contribution in [2.75, 3.05) is 0 Å². The van der Waals surface area contributed by atoms with Crippen molar-refractivity contribution in [2.24, 2.45) is 5.41 Å². The van der Waals surface area contributed by atoms with E-state index in [1.54, 1.807) is 6.08 Å². The van der Waals surface area contributed by atoms with Gasteiger partial charge < -0.3 is 0 Å². The van der Waals surface area contributed by atoms with Gasteiger partial charge in [0, 0.05) is 10.4 Å². The summed E-state index contributed by atoms with van der Waals surface area (Å²) in [6, 6.07) is 17.5. The first-order chi connectivity index (χ1) is 9.88. The summed E-state index contributed by atoms with van der Waals surface area (Å²) >= 11 is 5.95. The molecule has 0 amide bonds. The molecule has 0 aliphatic carbocycles. The molecule has 2 aromatic rings. The third-order valence-electron chi connectivity index (χ3n) is 3.25. The molecule has 0 saturated carbocycles. The van der Waals surface area contributed by atoms with Crippen LogP contribution in [0.1, 0.15) is 31.9 Å². The second-order valence-corrected chi connectivity index (χ2v) is 6.48. The molecule has 0 heterocycles. The van der Waals surface area contributed by atoms with Crippen molar-refractivity contribution < 1.29 is 4.79 Å². The van der Waals surface area contributed by atoms with Crippen LogP contribution in [0.3, 0.4) is 0 Å². The molecular formula is C19H19ClO. The SMILES string of the molecule is CC(C)(C)C(=O)/C=C(\c1ccccc1)c1ccc(Cl)cc1. The van der Waals surface area contributed by atoms with Crippen LogP contribution < -0.4 is 0 Å². The molecule has 0 saturated heterocycles. The first-order valence-electron chi connectivity index (χ1n) is 6.95. The molecule has 21 heavy (non-hydrogen) atoms. The van der Waals surface area contributed by atoms with Crippen LogP contribution >= 0.6 is 11.6 Å². The van der Waals surface area contributed by atoms with Crippen LogP contribution in [0.25, 0.3) is 5.57 Å². The van der Waals surface area contributed by atoms with E-state index in [1.165, 1.54) is 0 Å². The van der Waals surface area contributed by atoms with E-state index in [9.17, 15) is 4.79 Å². The Labute approximate surface area is 131 Å². The van der Waals surface area contributed by atoms with E-state index in [-0.39, 0.29) is 5.78 Å². The Morgan fingerprint density at radius 1 is 0.905 bits per heavy atom. The lowest BCUT2D eigenvalue weighted by Gasteiger charge is -2.16. The number of carbonyl (C=O) groups excluding carboxylic acids is 1. The molecule has 0 aromatic heterocycles. The van der Waals surface area contributed by atoms with Crippen LogP contribution in [0, 0.1) is 5.41 Å². The summed E-state index contributed by atoms with van der Waals surface area (Å²) in [6.07, 6.45) is 1.73. The minimum Gasteiger partial charge on any atom is -0.294 e. The van der Waals surface area contributed by atoms with Gasteiger partial charge in [-0.05, 0) is 34.9 Å². The highest BCUT2D eigenvalue weighted by molar-refractivity contribution is 6.30. The van der Waals surface area contributed by atoms with Gasteiger partial charge in [-0.15, -0.1) is 0 Å². The highest BCUT2D eigenvalue weighted by Crippen LogP contribution is 2.27. The number of halogens is 1. The molecule has 0 bridgehead atoms. The summed E-state index contributed by atoms with van der Waals surface area (Å²) in [6.45, 7) is 5.78. The number of hydrogen-bond donors (Lipinski definition) is 0. The van der Waals surface area contributed by atoms with Crippen LogP contribution in [0.5, 0.6) is 0 Å². The maximum atomic E-state index is 12.4. The minimum absolute atomic E-state index is 0.108. The van der Waals surface area contributed by atoms with E-state index in [0.717, 1.165) is 16.7 Å². The molecule has 0 N–H and O–H groups in total. The first-order valence-corrected chi connectivity index (χ1v) is 7.33. The lowest BCUT2D eigenvalue weighted by molar-refractivity contribution is -0.121. The second-order valence-electron chi connectivity index (χ2n) is 6.05. The molecule has 108 valence electrons. The summed E-state index contributed by atoms with van der Waals surface area (Å²) in [5.74, 6) is 0.108. The van der Waals surface area contributed by atoms with E-state index >= 15 is 0 Å². The number of rotatable bonds is 3. The average Bonchev–Trinajstić information content (AvgIpc) is 2.45. The Morgan fingerprint density at radius 2 is 1.43 bits per heavy atom. The molecule has 2 aromatic carbocycles. The number of carbonyl (C=O) groups is 1. The van der Waals surface area contributed by atoms with Gasteiger partial charge in [-0.3, -0.25) is 4.79 Å². The maximum absolute atomic E-state index is 12.4. The van der Waals surface area contributed by atoms with E-state index in [1.807, 2.05) is 75.4 Å². The largest absolute Gasteiger partial charge is 0.294 e. The molecule has 0 fully saturated rings. The van der Waals surface area contributed by atoms with Crippen molar-refractivity contribution in [1.82, 2.24) is 0 Å². The van der Waals surface area contributed by atoms with E-state index < -0.39 is 5.41 Å². The zero-order valence-electron chi connectivity index (χ0n) is 12.6. The van der Waals surface area contributed by atoms with Gasteiger partial charge in [0.2, 0.25) is 0 Å². The van der Waals surface area contributed by atoms with Crippen molar-refractivity contribution in [1.29, 1.82) is 0 Å². The highest BCUT2D eigenvalue weighted by atomic mass is 35.5. The van der Waals surface area contributed by atoms with Gasteiger partial charge in [0.15, 0.2) is 5.78 Å². The second kappa shape index (κ2) is 6.28. The van der Waals surface area contributed by atoms with Crippen molar-refractivity contribution in [3.05, 3.63) is 76.8 Å². The van der Waals surface area contributed by atoms with Crippen LogP contribution in [0.4, 0.5) is 0 Å². The number of hydrogen-bond acceptors (Lipinski definition) is 1. The summed E-state index contributed by atoms with van der Waals surface area (Å²) in [7, 11) is 0. The monoisotopic (exact) mass is 298 g/mol. The molecule has 1 nitrogen and oxygen atoms in total. The van der Waals surface area contributed by atoms with Crippen molar-refractivity contribution in [3.63, 3.8) is 0 Å². The predicted octanol–water partition coefficient (Wildman–Crippen LogP) is 5.39. The molecule has 0 aliphatic heterocycles. The van der Waals surface area contributed by atoms with Gasteiger partial charge in [-0.1, -0.05) is 74.8 Å². The van der Waals surface area contributed by atoms with Crippen molar-refractivity contribution in [2.45, 2.75) is 20.8 Å². The Morgan fingerprint density at radius 3 is 1.95 bits per heavy atom. The van der Waals surface area contributed by atoms with Gasteiger partial charge >= 0.3 is 0 Å². The Balaban J connectivity index is 2.53. The lowest BCUT2D eigenvalue weighted by atomic mass is 9.87.